The molecule has 0 aliphatic rings. The highest BCUT2D eigenvalue weighted by molar-refractivity contribution is 6.36. The number of halogens is 2. The van der Waals surface area contributed by atoms with E-state index in [4.69, 9.17) is 27.9 Å². The van der Waals surface area contributed by atoms with Gasteiger partial charge in [0.15, 0.2) is 0 Å². The molecule has 0 bridgehead atoms. The normalized spacial score (nSPS) is 12.0. The van der Waals surface area contributed by atoms with E-state index in [-0.39, 0.29) is 11.8 Å². The molecule has 0 saturated heterocycles. The number of methoxy groups -OCH3 is 1. The summed E-state index contributed by atoms with van der Waals surface area (Å²) in [6.45, 7) is 1.86. The van der Waals surface area contributed by atoms with Crippen molar-refractivity contribution in [3.05, 3.63) is 70.2 Å². The molecule has 3 rings (SSSR count). The van der Waals surface area contributed by atoms with Crippen molar-refractivity contribution in [3.63, 3.8) is 0 Å². The average molecular weight is 374 g/mol. The van der Waals surface area contributed by atoms with Crippen molar-refractivity contribution in [2.75, 3.05) is 12.4 Å². The molecule has 3 aromatic rings. The highest BCUT2D eigenvalue weighted by Crippen LogP contribution is 2.28. The van der Waals surface area contributed by atoms with Crippen molar-refractivity contribution >= 4 is 45.6 Å². The number of carbonyl (C=O) groups is 1. The van der Waals surface area contributed by atoms with Gasteiger partial charge in [-0.3, -0.25) is 4.79 Å². The predicted molar refractivity (Wildman–Crippen MR) is 104 cm³/mol. The third-order valence-electron chi connectivity index (χ3n) is 4.15. The number of carbonyl (C=O) groups excluding carboxylic acids is 1. The quantitative estimate of drug-likeness (QED) is 0.618. The lowest BCUT2D eigenvalue weighted by atomic mass is 9.97. The van der Waals surface area contributed by atoms with E-state index in [0.717, 1.165) is 22.1 Å². The van der Waals surface area contributed by atoms with Crippen molar-refractivity contribution in [1.82, 2.24) is 0 Å². The number of fused-ring (bicyclic) bond motifs is 1. The van der Waals surface area contributed by atoms with E-state index in [1.54, 1.807) is 25.3 Å². The second-order valence-corrected chi connectivity index (χ2v) is 6.65. The number of hydrogen-bond donors (Lipinski definition) is 1. The van der Waals surface area contributed by atoms with Gasteiger partial charge in [-0.1, -0.05) is 47.5 Å². The molecule has 0 aliphatic carbocycles. The van der Waals surface area contributed by atoms with Gasteiger partial charge in [0.05, 0.1) is 23.7 Å². The van der Waals surface area contributed by atoms with Crippen molar-refractivity contribution in [3.8, 4) is 5.75 Å². The zero-order valence-corrected chi connectivity index (χ0v) is 15.4. The molecule has 0 fully saturated rings. The Kier molecular flexibility index (Phi) is 5.16. The lowest BCUT2D eigenvalue weighted by molar-refractivity contribution is -0.117. The molecule has 5 heteroatoms. The van der Waals surface area contributed by atoms with Crippen LogP contribution >= 0.6 is 23.2 Å². The predicted octanol–water partition coefficient (Wildman–Crippen LogP) is 5.90. The van der Waals surface area contributed by atoms with Gasteiger partial charge in [-0.25, -0.2) is 0 Å². The minimum Gasteiger partial charge on any atom is -0.497 e. The molecule has 1 N–H and O–H groups in total. The van der Waals surface area contributed by atoms with Crippen molar-refractivity contribution in [1.29, 1.82) is 0 Å². The summed E-state index contributed by atoms with van der Waals surface area (Å²) < 4.78 is 5.24. The number of nitrogens with one attached hydrogen (secondary N) is 1. The van der Waals surface area contributed by atoms with Gasteiger partial charge in [-0.15, -0.1) is 0 Å². The third kappa shape index (κ3) is 3.89. The Morgan fingerprint density at radius 3 is 2.44 bits per heavy atom. The lowest BCUT2D eigenvalue weighted by Crippen LogP contribution is -2.19. The van der Waals surface area contributed by atoms with Crippen LogP contribution in [0.15, 0.2) is 54.6 Å². The van der Waals surface area contributed by atoms with Crippen molar-refractivity contribution < 1.29 is 9.53 Å². The Bertz CT molecular complexity index is 940. The average Bonchev–Trinajstić information content (AvgIpc) is 2.62. The van der Waals surface area contributed by atoms with E-state index in [2.05, 4.69) is 5.32 Å². The van der Waals surface area contributed by atoms with Gasteiger partial charge in [0, 0.05) is 5.02 Å². The van der Waals surface area contributed by atoms with Crippen LogP contribution in [0, 0.1) is 0 Å². The van der Waals surface area contributed by atoms with Crippen LogP contribution in [0.3, 0.4) is 0 Å². The summed E-state index contributed by atoms with van der Waals surface area (Å²) in [7, 11) is 1.64. The van der Waals surface area contributed by atoms with Crippen LogP contribution in [0.25, 0.3) is 10.8 Å². The van der Waals surface area contributed by atoms with Gasteiger partial charge in [0.25, 0.3) is 0 Å². The van der Waals surface area contributed by atoms with Crippen LogP contribution in [0.1, 0.15) is 18.4 Å². The van der Waals surface area contributed by atoms with Crippen LogP contribution < -0.4 is 10.1 Å². The molecule has 0 spiro atoms. The highest BCUT2D eigenvalue weighted by Gasteiger charge is 2.17. The fraction of sp³-hybridized carbons (Fsp3) is 0.150. The molecule has 0 saturated carbocycles. The van der Waals surface area contributed by atoms with Gasteiger partial charge >= 0.3 is 0 Å². The molecule has 3 nitrogen and oxygen atoms in total. The third-order valence-corrected chi connectivity index (χ3v) is 4.70. The molecule has 0 aliphatic heterocycles. The van der Waals surface area contributed by atoms with Crippen LogP contribution in [0.4, 0.5) is 5.69 Å². The second-order valence-electron chi connectivity index (χ2n) is 5.81. The number of rotatable bonds is 4. The van der Waals surface area contributed by atoms with E-state index in [1.807, 2.05) is 43.3 Å². The monoisotopic (exact) mass is 373 g/mol. The Labute approximate surface area is 156 Å². The highest BCUT2D eigenvalue weighted by atomic mass is 35.5. The fourth-order valence-electron chi connectivity index (χ4n) is 2.62. The van der Waals surface area contributed by atoms with Crippen LogP contribution in [0.5, 0.6) is 5.75 Å². The molecule has 0 radical (unpaired) electrons. The molecule has 3 aromatic carbocycles. The summed E-state index contributed by atoms with van der Waals surface area (Å²) in [5, 5.41) is 5.92. The summed E-state index contributed by atoms with van der Waals surface area (Å²) in [5.41, 5.74) is 1.48. The first-order chi connectivity index (χ1) is 12.0. The number of ether oxygens (including phenoxy) is 1. The van der Waals surface area contributed by atoms with Crippen LogP contribution in [0.2, 0.25) is 10.0 Å². The van der Waals surface area contributed by atoms with Crippen molar-refractivity contribution in [2.45, 2.75) is 12.8 Å². The minimum atomic E-state index is -0.321. The molecule has 128 valence electrons. The van der Waals surface area contributed by atoms with Gasteiger partial charge in [0.2, 0.25) is 5.91 Å². The first-order valence-corrected chi connectivity index (χ1v) is 8.57. The largest absolute Gasteiger partial charge is 0.497 e. The zero-order chi connectivity index (χ0) is 18.0. The molecule has 1 amide bonds. The van der Waals surface area contributed by atoms with E-state index < -0.39 is 0 Å². The topological polar surface area (TPSA) is 38.3 Å². The van der Waals surface area contributed by atoms with Gasteiger partial charge in [0.1, 0.15) is 5.75 Å². The molecule has 1 atom stereocenters. The number of hydrogen-bond acceptors (Lipinski definition) is 2. The van der Waals surface area contributed by atoms with E-state index in [9.17, 15) is 4.79 Å². The number of anilines is 1. The maximum Gasteiger partial charge on any atom is 0.231 e. The Morgan fingerprint density at radius 2 is 1.72 bits per heavy atom. The number of benzene rings is 3. The van der Waals surface area contributed by atoms with Gasteiger partial charge < -0.3 is 10.1 Å². The van der Waals surface area contributed by atoms with Crippen molar-refractivity contribution in [2.24, 2.45) is 0 Å². The standard InChI is InChI=1S/C20H17Cl2NO2/c1-12(20(24)23-19-8-6-16(21)11-18(19)22)13-3-4-15-10-17(25-2)7-5-14(15)9-13/h3-12H,1-2H3,(H,23,24)/t12-/m0/s1. The molecule has 25 heavy (non-hydrogen) atoms. The van der Waals surface area contributed by atoms with Gasteiger partial charge in [-0.05, 0) is 53.6 Å². The first kappa shape index (κ1) is 17.6. The van der Waals surface area contributed by atoms with Crippen LogP contribution in [-0.2, 0) is 4.79 Å². The summed E-state index contributed by atoms with van der Waals surface area (Å²) in [4.78, 5) is 12.6. The second kappa shape index (κ2) is 7.34. The number of amides is 1. The van der Waals surface area contributed by atoms with E-state index in [1.165, 1.54) is 0 Å². The van der Waals surface area contributed by atoms with Gasteiger partial charge in [-0.2, -0.15) is 0 Å². The summed E-state index contributed by atoms with van der Waals surface area (Å²) >= 11 is 12.0. The fourth-order valence-corrected chi connectivity index (χ4v) is 3.08. The molecule has 0 unspecified atom stereocenters. The first-order valence-electron chi connectivity index (χ1n) is 7.81. The summed E-state index contributed by atoms with van der Waals surface area (Å²) in [5.74, 6) is 0.360. The molecule has 0 heterocycles. The molecular formula is C20H17Cl2NO2. The van der Waals surface area contributed by atoms with Crippen LogP contribution in [-0.4, -0.2) is 13.0 Å². The molecule has 0 aromatic heterocycles. The zero-order valence-electron chi connectivity index (χ0n) is 13.8. The Hall–Kier alpha value is -2.23. The Morgan fingerprint density at radius 1 is 1.00 bits per heavy atom. The minimum absolute atomic E-state index is 0.128. The molecular weight excluding hydrogens is 357 g/mol. The SMILES string of the molecule is COc1ccc2cc([C@H](C)C(=O)Nc3ccc(Cl)cc3Cl)ccc2c1. The van der Waals surface area contributed by atoms with E-state index in [0.29, 0.717) is 15.7 Å². The summed E-state index contributed by atoms with van der Waals surface area (Å²) in [6, 6.07) is 16.8. The maximum atomic E-state index is 12.6. The Balaban J connectivity index is 1.82. The lowest BCUT2D eigenvalue weighted by Gasteiger charge is -2.14. The maximum absolute atomic E-state index is 12.6. The smallest absolute Gasteiger partial charge is 0.231 e. The summed E-state index contributed by atoms with van der Waals surface area (Å²) in [6.07, 6.45) is 0. The van der Waals surface area contributed by atoms with E-state index >= 15 is 0 Å².